The third kappa shape index (κ3) is 2.24. The number of fused-ring (bicyclic) bond motifs is 2. The van der Waals surface area contributed by atoms with Gasteiger partial charge in [-0.1, -0.05) is 36.4 Å². The lowest BCUT2D eigenvalue weighted by atomic mass is 10.0. The minimum Gasteiger partial charge on any atom is -0.357 e. The van der Waals surface area contributed by atoms with Gasteiger partial charge in [-0.05, 0) is 25.1 Å². The molecule has 0 radical (unpaired) electrons. The smallest absolute Gasteiger partial charge is 0.357 e. The molecule has 1 atom stereocenters. The van der Waals surface area contributed by atoms with Crippen molar-refractivity contribution in [3.63, 3.8) is 0 Å². The van der Waals surface area contributed by atoms with Gasteiger partial charge in [0.25, 0.3) is 17.5 Å². The number of carbonyl (C=O) groups excluding carboxylic acids is 1. The third-order valence-electron chi connectivity index (χ3n) is 4.76. The van der Waals surface area contributed by atoms with Gasteiger partial charge in [0.05, 0.1) is 12.2 Å². The number of nitrogens with zero attached hydrogens (tertiary/aromatic N) is 3. The molecule has 2 aliphatic rings. The normalized spacial score (nSPS) is 23.2. The fourth-order valence-electron chi connectivity index (χ4n) is 3.54. The van der Waals surface area contributed by atoms with Crippen LogP contribution in [0.15, 0.2) is 59.6 Å². The van der Waals surface area contributed by atoms with E-state index in [2.05, 4.69) is 15.6 Å². The molecule has 1 amide bonds. The highest BCUT2D eigenvalue weighted by molar-refractivity contribution is 6.12. The van der Waals surface area contributed by atoms with Crippen molar-refractivity contribution in [3.05, 3.63) is 60.2 Å². The maximum atomic E-state index is 13.1. The Kier molecular flexibility index (Phi) is 3.64. The van der Waals surface area contributed by atoms with Crippen LogP contribution in [0.5, 0.6) is 0 Å². The molecule has 0 aromatic heterocycles. The largest absolute Gasteiger partial charge is 0.360 e. The van der Waals surface area contributed by atoms with Gasteiger partial charge in [-0.15, -0.1) is 0 Å². The molecule has 7 heteroatoms. The van der Waals surface area contributed by atoms with E-state index in [1.54, 1.807) is 11.9 Å². The molecule has 0 saturated carbocycles. The van der Waals surface area contributed by atoms with E-state index in [4.69, 9.17) is 5.73 Å². The molecule has 4 N–H and O–H groups in total. The summed E-state index contributed by atoms with van der Waals surface area (Å²) in [5.41, 5.74) is 7.45. The van der Waals surface area contributed by atoms with Crippen molar-refractivity contribution in [2.75, 3.05) is 18.5 Å². The monoisotopic (exact) mass is 349 g/mol. The van der Waals surface area contributed by atoms with Crippen LogP contribution in [0.4, 0.5) is 11.4 Å². The number of rotatable bonds is 2. The summed E-state index contributed by atoms with van der Waals surface area (Å²) in [7, 11) is 1.75. The fourth-order valence-corrected chi connectivity index (χ4v) is 3.54. The standard InChI is InChI=1S/C19H20N6O/c1-3-25(13-9-5-4-6-10-13)18-21-17(20)22-19(23-18)14-11-7-8-12-15(14)24(2)16(19)26/h4-12H,3H2,1-2H3,(H3,20,21,22,23)/p+1/t19-/m1/s1. The van der Waals surface area contributed by atoms with Crippen LogP contribution in [0.25, 0.3) is 0 Å². The first-order chi connectivity index (χ1) is 12.6. The minimum absolute atomic E-state index is 0.162. The Bertz CT molecular complexity index is 936. The Hall–Kier alpha value is -3.35. The van der Waals surface area contributed by atoms with E-state index in [9.17, 15) is 4.79 Å². The van der Waals surface area contributed by atoms with Crippen LogP contribution in [-0.4, -0.2) is 36.0 Å². The zero-order valence-corrected chi connectivity index (χ0v) is 14.7. The first kappa shape index (κ1) is 16.1. The number of amides is 1. The van der Waals surface area contributed by atoms with E-state index in [1.807, 2.05) is 66.1 Å². The van der Waals surface area contributed by atoms with Crippen LogP contribution in [0.1, 0.15) is 12.5 Å². The summed E-state index contributed by atoms with van der Waals surface area (Å²) < 4.78 is 2.03. The summed E-state index contributed by atoms with van der Waals surface area (Å²) in [5, 5.41) is 6.39. The number of nitrogens with two attached hydrogens (primary N) is 1. The third-order valence-corrected chi connectivity index (χ3v) is 4.76. The summed E-state index contributed by atoms with van der Waals surface area (Å²) in [5.74, 6) is 0.668. The first-order valence-electron chi connectivity index (χ1n) is 8.54. The van der Waals surface area contributed by atoms with Gasteiger partial charge in [0.2, 0.25) is 0 Å². The molecular formula is C19H21N6O+. The number of para-hydroxylation sites is 2. The average Bonchev–Trinajstić information content (AvgIpc) is 2.85. The van der Waals surface area contributed by atoms with E-state index in [-0.39, 0.29) is 11.9 Å². The van der Waals surface area contributed by atoms with E-state index in [1.165, 1.54) is 0 Å². The maximum Gasteiger partial charge on any atom is 0.360 e. The number of hydrogen-bond acceptors (Lipinski definition) is 3. The van der Waals surface area contributed by atoms with Gasteiger partial charge in [0.15, 0.2) is 0 Å². The van der Waals surface area contributed by atoms with Gasteiger partial charge in [0.1, 0.15) is 5.69 Å². The number of likely N-dealkylation sites (N-methyl/N-ethyl adjacent to an activating group) is 1. The fraction of sp³-hybridized carbons (Fsp3) is 0.211. The molecule has 1 spiro atoms. The lowest BCUT2D eigenvalue weighted by Gasteiger charge is -2.28. The van der Waals surface area contributed by atoms with Gasteiger partial charge >= 0.3 is 5.96 Å². The van der Waals surface area contributed by atoms with Crippen molar-refractivity contribution < 1.29 is 9.37 Å². The van der Waals surface area contributed by atoms with Crippen LogP contribution < -0.4 is 21.3 Å². The van der Waals surface area contributed by atoms with Crippen molar-refractivity contribution in [2.24, 2.45) is 10.7 Å². The molecule has 2 heterocycles. The molecule has 0 unspecified atom stereocenters. The summed E-state index contributed by atoms with van der Waals surface area (Å²) in [6, 6.07) is 17.5. The van der Waals surface area contributed by atoms with Crippen molar-refractivity contribution in [1.82, 2.24) is 10.6 Å². The van der Waals surface area contributed by atoms with E-state index >= 15 is 0 Å². The van der Waals surface area contributed by atoms with Crippen LogP contribution in [0.2, 0.25) is 0 Å². The lowest BCUT2D eigenvalue weighted by molar-refractivity contribution is -0.441. The van der Waals surface area contributed by atoms with Gasteiger partial charge in [-0.2, -0.15) is 4.99 Å². The Labute approximate surface area is 151 Å². The number of aliphatic imine (C=N–C) groups is 1. The molecule has 2 aromatic rings. The molecule has 2 aromatic carbocycles. The highest BCUT2D eigenvalue weighted by atomic mass is 16.2. The Morgan fingerprint density at radius 3 is 2.58 bits per heavy atom. The molecule has 0 aliphatic carbocycles. The highest BCUT2D eigenvalue weighted by Gasteiger charge is 2.56. The SMILES string of the molecule is CC[N+](=C1NC(N)=N[C@]2(N1)C(=O)N(C)c1ccccc12)c1ccccc1. The number of hydrogen-bond donors (Lipinski definition) is 3. The number of nitrogens with one attached hydrogen (secondary N) is 2. The van der Waals surface area contributed by atoms with Gasteiger partial charge in [-0.3, -0.25) is 4.79 Å². The van der Waals surface area contributed by atoms with Crippen molar-refractivity contribution in [3.8, 4) is 0 Å². The van der Waals surface area contributed by atoms with Crippen LogP contribution in [-0.2, 0) is 10.5 Å². The van der Waals surface area contributed by atoms with Gasteiger partial charge in [0, 0.05) is 12.6 Å². The zero-order chi connectivity index (χ0) is 18.3. The Morgan fingerprint density at radius 1 is 1.15 bits per heavy atom. The van der Waals surface area contributed by atoms with Crippen LogP contribution >= 0.6 is 0 Å². The number of benzene rings is 2. The van der Waals surface area contributed by atoms with Crippen molar-refractivity contribution >= 4 is 29.2 Å². The van der Waals surface area contributed by atoms with Crippen LogP contribution in [0.3, 0.4) is 0 Å². The summed E-state index contributed by atoms with van der Waals surface area (Å²) in [6.07, 6.45) is 0. The molecule has 4 rings (SSSR count). The number of carbonyl (C=O) groups is 1. The van der Waals surface area contributed by atoms with E-state index in [0.29, 0.717) is 12.5 Å². The Balaban J connectivity index is 1.89. The second-order valence-electron chi connectivity index (χ2n) is 6.27. The summed E-state index contributed by atoms with van der Waals surface area (Å²) in [6.45, 7) is 2.73. The predicted octanol–water partition coefficient (Wildman–Crippen LogP) is 1.04. The second-order valence-corrected chi connectivity index (χ2v) is 6.27. The topological polar surface area (TPSA) is 85.8 Å². The molecular weight excluding hydrogens is 328 g/mol. The van der Waals surface area contributed by atoms with E-state index in [0.717, 1.165) is 16.9 Å². The van der Waals surface area contributed by atoms with Crippen LogP contribution in [0, 0.1) is 0 Å². The molecule has 132 valence electrons. The minimum atomic E-state index is -1.25. The van der Waals surface area contributed by atoms with Crippen molar-refractivity contribution in [1.29, 1.82) is 0 Å². The highest BCUT2D eigenvalue weighted by Crippen LogP contribution is 2.40. The zero-order valence-electron chi connectivity index (χ0n) is 14.7. The van der Waals surface area contributed by atoms with Gasteiger partial charge < -0.3 is 10.6 Å². The van der Waals surface area contributed by atoms with Gasteiger partial charge in [-0.25, -0.2) is 15.2 Å². The second kappa shape index (κ2) is 5.87. The molecule has 0 fully saturated rings. The van der Waals surface area contributed by atoms with Crippen molar-refractivity contribution in [2.45, 2.75) is 12.6 Å². The molecule has 2 aliphatic heterocycles. The summed E-state index contributed by atoms with van der Waals surface area (Å²) in [4.78, 5) is 19.2. The molecule has 26 heavy (non-hydrogen) atoms. The number of anilines is 1. The summed E-state index contributed by atoms with van der Waals surface area (Å²) >= 11 is 0. The average molecular weight is 349 g/mol. The predicted molar refractivity (Wildman–Crippen MR) is 101 cm³/mol. The quantitative estimate of drug-likeness (QED) is 0.707. The van der Waals surface area contributed by atoms with E-state index < -0.39 is 5.66 Å². The first-order valence-corrected chi connectivity index (χ1v) is 8.54. The lowest BCUT2D eigenvalue weighted by Crippen LogP contribution is -2.64. The Morgan fingerprint density at radius 2 is 1.85 bits per heavy atom. The molecule has 0 bridgehead atoms. The number of guanidine groups is 2. The molecule has 7 nitrogen and oxygen atoms in total. The maximum absolute atomic E-state index is 13.1. The molecule has 0 saturated heterocycles.